The number of esters is 1. The first-order valence-electron chi connectivity index (χ1n) is 8.55. The van der Waals surface area contributed by atoms with Gasteiger partial charge in [0.15, 0.2) is 0 Å². The molecule has 0 N–H and O–H groups in total. The highest BCUT2D eigenvalue weighted by atomic mass is 35.5. The van der Waals surface area contributed by atoms with Crippen molar-refractivity contribution in [2.45, 2.75) is 20.4 Å². The second-order valence-electron chi connectivity index (χ2n) is 6.17. The SMILES string of the molecule is CCn1nc(C)cc1-c1nc(-c2nc(Cl)cc3c2cnn3C)c(C(=O)OC)s1. The van der Waals surface area contributed by atoms with E-state index in [1.807, 2.05) is 31.6 Å². The summed E-state index contributed by atoms with van der Waals surface area (Å²) in [6, 6.07) is 3.67. The zero-order chi connectivity index (χ0) is 20.0. The Kier molecular flexibility index (Phi) is 4.64. The van der Waals surface area contributed by atoms with E-state index in [0.717, 1.165) is 22.3 Å². The Labute approximate surface area is 169 Å². The third-order valence-corrected chi connectivity index (χ3v) is 5.61. The van der Waals surface area contributed by atoms with Gasteiger partial charge in [0.1, 0.15) is 26.4 Å². The van der Waals surface area contributed by atoms with Crippen LogP contribution < -0.4 is 0 Å². The van der Waals surface area contributed by atoms with E-state index < -0.39 is 5.97 Å². The van der Waals surface area contributed by atoms with E-state index in [-0.39, 0.29) is 0 Å². The maximum atomic E-state index is 12.5. The predicted octanol–water partition coefficient (Wildman–Crippen LogP) is 3.72. The molecule has 0 aromatic carbocycles. The van der Waals surface area contributed by atoms with Gasteiger partial charge in [-0.15, -0.1) is 11.3 Å². The Balaban J connectivity index is 1.99. The Morgan fingerprint density at radius 3 is 2.79 bits per heavy atom. The predicted molar refractivity (Wildman–Crippen MR) is 108 cm³/mol. The highest BCUT2D eigenvalue weighted by Crippen LogP contribution is 2.37. The van der Waals surface area contributed by atoms with Gasteiger partial charge in [-0.05, 0) is 19.9 Å². The van der Waals surface area contributed by atoms with Crippen molar-refractivity contribution >= 4 is 39.8 Å². The molecule has 0 fully saturated rings. The molecular weight excluding hydrogens is 400 g/mol. The first-order chi connectivity index (χ1) is 13.4. The molecule has 0 unspecified atom stereocenters. The molecule has 8 nitrogen and oxygen atoms in total. The number of carbonyl (C=O) groups excluding carboxylic acids is 1. The van der Waals surface area contributed by atoms with Crippen molar-refractivity contribution in [3.05, 3.63) is 34.1 Å². The van der Waals surface area contributed by atoms with Crippen LogP contribution in [-0.2, 0) is 18.3 Å². The van der Waals surface area contributed by atoms with Gasteiger partial charge in [-0.2, -0.15) is 10.2 Å². The van der Waals surface area contributed by atoms with E-state index in [9.17, 15) is 4.79 Å². The van der Waals surface area contributed by atoms with Crippen LogP contribution in [0.5, 0.6) is 0 Å². The molecular formula is C18H17ClN6O2S. The molecule has 4 heterocycles. The van der Waals surface area contributed by atoms with E-state index in [1.165, 1.54) is 18.4 Å². The van der Waals surface area contributed by atoms with Crippen LogP contribution in [0.1, 0.15) is 22.3 Å². The highest BCUT2D eigenvalue weighted by Gasteiger charge is 2.25. The molecule has 0 saturated heterocycles. The van der Waals surface area contributed by atoms with Crippen molar-refractivity contribution in [2.75, 3.05) is 7.11 Å². The second-order valence-corrected chi connectivity index (χ2v) is 7.56. The molecule has 0 aliphatic heterocycles. The van der Waals surface area contributed by atoms with Crippen LogP contribution in [0.4, 0.5) is 0 Å². The lowest BCUT2D eigenvalue weighted by molar-refractivity contribution is 0.0607. The van der Waals surface area contributed by atoms with Gasteiger partial charge in [-0.1, -0.05) is 11.6 Å². The molecule has 0 radical (unpaired) electrons. The summed E-state index contributed by atoms with van der Waals surface area (Å²) in [7, 11) is 3.16. The molecule has 0 atom stereocenters. The summed E-state index contributed by atoms with van der Waals surface area (Å²) in [6.07, 6.45) is 1.69. The number of aromatic nitrogens is 6. The van der Waals surface area contributed by atoms with Gasteiger partial charge in [0, 0.05) is 25.0 Å². The third kappa shape index (κ3) is 2.96. The number of methoxy groups -OCH3 is 1. The second kappa shape index (κ2) is 6.99. The molecule has 0 spiro atoms. The fourth-order valence-electron chi connectivity index (χ4n) is 3.07. The smallest absolute Gasteiger partial charge is 0.350 e. The first kappa shape index (κ1) is 18.6. The van der Waals surface area contributed by atoms with Crippen molar-refractivity contribution in [3.8, 4) is 22.1 Å². The maximum absolute atomic E-state index is 12.5. The van der Waals surface area contributed by atoms with Crippen LogP contribution >= 0.6 is 22.9 Å². The van der Waals surface area contributed by atoms with Crippen LogP contribution in [-0.4, -0.2) is 42.6 Å². The zero-order valence-electron chi connectivity index (χ0n) is 15.7. The zero-order valence-corrected chi connectivity index (χ0v) is 17.3. The summed E-state index contributed by atoms with van der Waals surface area (Å²) in [5.74, 6) is -0.475. The number of ether oxygens (including phenoxy) is 1. The summed E-state index contributed by atoms with van der Waals surface area (Å²) in [4.78, 5) is 22.0. The molecule has 0 amide bonds. The van der Waals surface area contributed by atoms with Crippen molar-refractivity contribution in [3.63, 3.8) is 0 Å². The topological polar surface area (TPSA) is 87.7 Å². The van der Waals surface area contributed by atoms with Gasteiger partial charge in [-0.25, -0.2) is 14.8 Å². The lowest BCUT2D eigenvalue weighted by atomic mass is 10.1. The minimum absolute atomic E-state index is 0.297. The Morgan fingerprint density at radius 1 is 1.29 bits per heavy atom. The standard InChI is InChI=1S/C18H17ClN6O2S/c1-5-25-12(6-9(2)23-25)17-22-15(16(28-17)18(26)27-4)14-10-8-20-24(3)11(10)7-13(19)21-14/h6-8H,5H2,1-4H3. The third-order valence-electron chi connectivity index (χ3n) is 4.36. The maximum Gasteiger partial charge on any atom is 0.350 e. The van der Waals surface area contributed by atoms with Crippen molar-refractivity contribution in [1.29, 1.82) is 0 Å². The van der Waals surface area contributed by atoms with E-state index in [4.69, 9.17) is 21.3 Å². The average molecular weight is 417 g/mol. The van der Waals surface area contributed by atoms with E-state index in [1.54, 1.807) is 16.9 Å². The Hall–Kier alpha value is -2.78. The van der Waals surface area contributed by atoms with Crippen LogP contribution in [0.25, 0.3) is 33.0 Å². The number of fused-ring (bicyclic) bond motifs is 1. The molecule has 4 rings (SSSR count). The molecule has 0 saturated carbocycles. The van der Waals surface area contributed by atoms with Crippen LogP contribution in [0.15, 0.2) is 18.3 Å². The number of pyridine rings is 1. The number of nitrogens with zero attached hydrogens (tertiary/aromatic N) is 6. The molecule has 28 heavy (non-hydrogen) atoms. The summed E-state index contributed by atoms with van der Waals surface area (Å²) in [6.45, 7) is 4.61. The molecule has 0 aliphatic rings. The highest BCUT2D eigenvalue weighted by molar-refractivity contribution is 7.17. The number of rotatable bonds is 4. The van der Waals surface area contributed by atoms with Gasteiger partial charge >= 0.3 is 5.97 Å². The molecule has 4 aromatic heterocycles. The summed E-state index contributed by atoms with van der Waals surface area (Å²) in [5.41, 5.74) is 3.44. The summed E-state index contributed by atoms with van der Waals surface area (Å²) in [5, 5.41) is 10.5. The van der Waals surface area contributed by atoms with Gasteiger partial charge in [0.05, 0.1) is 30.2 Å². The number of aryl methyl sites for hydroxylation is 3. The van der Waals surface area contributed by atoms with Crippen LogP contribution in [0.3, 0.4) is 0 Å². The number of thiazole rings is 1. The van der Waals surface area contributed by atoms with Crippen molar-refractivity contribution < 1.29 is 9.53 Å². The molecule has 0 aliphatic carbocycles. The Morgan fingerprint density at radius 2 is 2.07 bits per heavy atom. The number of halogens is 1. The minimum Gasteiger partial charge on any atom is -0.465 e. The van der Waals surface area contributed by atoms with E-state index in [2.05, 4.69) is 15.2 Å². The minimum atomic E-state index is -0.475. The fourth-order valence-corrected chi connectivity index (χ4v) is 4.27. The van der Waals surface area contributed by atoms with E-state index >= 15 is 0 Å². The monoisotopic (exact) mass is 416 g/mol. The fraction of sp³-hybridized carbons (Fsp3) is 0.278. The van der Waals surface area contributed by atoms with Crippen molar-refractivity contribution in [2.24, 2.45) is 7.05 Å². The van der Waals surface area contributed by atoms with Gasteiger partial charge in [0.2, 0.25) is 0 Å². The quantitative estimate of drug-likeness (QED) is 0.372. The number of hydrogen-bond donors (Lipinski definition) is 0. The van der Waals surface area contributed by atoms with E-state index in [0.29, 0.717) is 33.0 Å². The average Bonchev–Trinajstić information content (AvgIpc) is 3.37. The van der Waals surface area contributed by atoms with Crippen LogP contribution in [0.2, 0.25) is 5.15 Å². The van der Waals surface area contributed by atoms with Gasteiger partial charge in [0.25, 0.3) is 0 Å². The molecule has 0 bridgehead atoms. The van der Waals surface area contributed by atoms with Crippen molar-refractivity contribution in [1.82, 2.24) is 29.5 Å². The summed E-state index contributed by atoms with van der Waals surface area (Å²) >= 11 is 7.48. The molecule has 144 valence electrons. The summed E-state index contributed by atoms with van der Waals surface area (Å²) < 4.78 is 8.54. The largest absolute Gasteiger partial charge is 0.465 e. The Bertz CT molecular complexity index is 1210. The normalized spacial score (nSPS) is 11.3. The van der Waals surface area contributed by atoms with Gasteiger partial charge < -0.3 is 4.74 Å². The number of carbonyl (C=O) groups is 1. The number of hydrogen-bond acceptors (Lipinski definition) is 7. The lowest BCUT2D eigenvalue weighted by Crippen LogP contribution is -2.01. The van der Waals surface area contributed by atoms with Crippen LogP contribution in [0, 0.1) is 6.92 Å². The molecule has 4 aromatic rings. The molecule has 10 heteroatoms. The first-order valence-corrected chi connectivity index (χ1v) is 9.75. The van der Waals surface area contributed by atoms with Gasteiger partial charge in [-0.3, -0.25) is 9.36 Å². The lowest BCUT2D eigenvalue weighted by Gasteiger charge is -2.04.